The fraction of sp³-hybridized carbons (Fsp3) is 0.846. The molecule has 2 atom stereocenters. The molecule has 0 aromatic rings. The van der Waals surface area contributed by atoms with Crippen LogP contribution >= 0.6 is 0 Å². The lowest BCUT2D eigenvalue weighted by molar-refractivity contribution is -0.140. The summed E-state index contributed by atoms with van der Waals surface area (Å²) in [4.78, 5) is 28.0. The first-order valence-corrected chi connectivity index (χ1v) is 9.10. The molecule has 0 aliphatic carbocycles. The van der Waals surface area contributed by atoms with Crippen LogP contribution in [0.4, 0.5) is 0 Å². The first-order chi connectivity index (χ1) is 9.48. The van der Waals surface area contributed by atoms with E-state index in [-0.39, 0.29) is 35.4 Å². The maximum absolute atomic E-state index is 12.6. The summed E-state index contributed by atoms with van der Waals surface area (Å²) in [7, 11) is -3.04. The molecular weight excluding hydrogens is 280 g/mol. The van der Waals surface area contributed by atoms with E-state index in [0.29, 0.717) is 32.4 Å². The molecule has 0 spiro atoms. The summed E-state index contributed by atoms with van der Waals surface area (Å²) in [6, 6.07) is -0.593. The van der Waals surface area contributed by atoms with E-state index < -0.39 is 9.84 Å². The van der Waals surface area contributed by atoms with E-state index in [9.17, 15) is 18.0 Å². The first-order valence-electron chi connectivity index (χ1n) is 7.28. The summed E-state index contributed by atoms with van der Waals surface area (Å²) in [6.07, 6.45) is 3.23. The molecule has 0 saturated carbocycles. The van der Waals surface area contributed by atoms with Crippen molar-refractivity contribution in [2.24, 2.45) is 0 Å². The highest BCUT2D eigenvalue weighted by molar-refractivity contribution is 7.91. The van der Waals surface area contributed by atoms with E-state index in [2.05, 4.69) is 0 Å². The number of fused-ring (bicyclic) bond motifs is 1. The van der Waals surface area contributed by atoms with Crippen LogP contribution in [0.15, 0.2) is 0 Å². The van der Waals surface area contributed by atoms with Gasteiger partial charge in [-0.1, -0.05) is 0 Å². The van der Waals surface area contributed by atoms with Crippen LogP contribution in [-0.4, -0.2) is 66.7 Å². The highest BCUT2D eigenvalue weighted by atomic mass is 32.2. The number of carbonyl (C=O) groups is 2. The maximum atomic E-state index is 12.6. The Bertz CT molecular complexity index is 530. The van der Waals surface area contributed by atoms with Crippen LogP contribution < -0.4 is 0 Å². The largest absolute Gasteiger partial charge is 0.336 e. The Balaban J connectivity index is 1.82. The number of hydrogen-bond acceptors (Lipinski definition) is 4. The molecule has 3 heterocycles. The molecule has 3 aliphatic rings. The zero-order valence-corrected chi connectivity index (χ0v) is 12.3. The first kappa shape index (κ1) is 13.9. The molecule has 6 nitrogen and oxygen atoms in total. The number of amides is 2. The van der Waals surface area contributed by atoms with Crippen molar-refractivity contribution in [3.8, 4) is 0 Å². The Hall–Kier alpha value is -1.11. The summed E-state index contributed by atoms with van der Waals surface area (Å²) in [6.45, 7) is 1.02. The van der Waals surface area contributed by atoms with Gasteiger partial charge in [-0.3, -0.25) is 9.59 Å². The summed E-state index contributed by atoms with van der Waals surface area (Å²) >= 11 is 0. The zero-order valence-electron chi connectivity index (χ0n) is 11.5. The molecule has 0 aromatic heterocycles. The molecule has 0 radical (unpaired) electrons. The monoisotopic (exact) mass is 300 g/mol. The summed E-state index contributed by atoms with van der Waals surface area (Å²) in [5.74, 6) is 0.261. The molecule has 0 aromatic carbocycles. The molecule has 3 saturated heterocycles. The van der Waals surface area contributed by atoms with Gasteiger partial charge in [0.1, 0.15) is 6.04 Å². The molecule has 7 heteroatoms. The molecule has 20 heavy (non-hydrogen) atoms. The predicted molar refractivity (Wildman–Crippen MR) is 72.7 cm³/mol. The van der Waals surface area contributed by atoms with Gasteiger partial charge >= 0.3 is 0 Å². The lowest BCUT2D eigenvalue weighted by atomic mass is 10.1. The van der Waals surface area contributed by atoms with Crippen molar-refractivity contribution in [1.29, 1.82) is 0 Å². The zero-order chi connectivity index (χ0) is 14.3. The number of hydrogen-bond donors (Lipinski definition) is 0. The highest BCUT2D eigenvalue weighted by Crippen LogP contribution is 2.27. The van der Waals surface area contributed by atoms with Crippen molar-refractivity contribution in [2.45, 2.75) is 44.2 Å². The fourth-order valence-corrected chi connectivity index (χ4v) is 5.30. The average Bonchev–Trinajstić information content (AvgIpc) is 2.82. The molecule has 3 fully saturated rings. The van der Waals surface area contributed by atoms with Crippen LogP contribution in [0.3, 0.4) is 0 Å². The molecule has 0 bridgehead atoms. The van der Waals surface area contributed by atoms with Gasteiger partial charge in [0, 0.05) is 25.6 Å². The fourth-order valence-electron chi connectivity index (χ4n) is 3.59. The minimum Gasteiger partial charge on any atom is -0.336 e. The van der Waals surface area contributed by atoms with Gasteiger partial charge in [0.15, 0.2) is 9.84 Å². The second-order valence-corrected chi connectivity index (χ2v) is 8.17. The summed E-state index contributed by atoms with van der Waals surface area (Å²) < 4.78 is 23.5. The van der Waals surface area contributed by atoms with E-state index in [1.54, 1.807) is 9.80 Å². The van der Waals surface area contributed by atoms with Gasteiger partial charge in [-0.05, 0) is 25.7 Å². The van der Waals surface area contributed by atoms with Crippen molar-refractivity contribution < 1.29 is 18.0 Å². The van der Waals surface area contributed by atoms with Crippen LogP contribution in [0, 0.1) is 0 Å². The van der Waals surface area contributed by atoms with E-state index in [1.165, 1.54) is 0 Å². The standard InChI is InChI=1S/C13H20N2O4S/c16-12-5-7-14(10-3-2-8-20(18,19)9-10)13(17)11-4-1-6-15(11)12/h10-11H,1-9H2. The van der Waals surface area contributed by atoms with Crippen LogP contribution in [0.2, 0.25) is 0 Å². The Morgan fingerprint density at radius 1 is 1.00 bits per heavy atom. The lowest BCUT2D eigenvalue weighted by Gasteiger charge is -2.34. The maximum Gasteiger partial charge on any atom is 0.245 e. The van der Waals surface area contributed by atoms with E-state index >= 15 is 0 Å². The summed E-state index contributed by atoms with van der Waals surface area (Å²) in [5, 5.41) is 0. The van der Waals surface area contributed by atoms with Gasteiger partial charge in [-0.25, -0.2) is 8.42 Å². The third-order valence-electron chi connectivity index (χ3n) is 4.59. The topological polar surface area (TPSA) is 74.8 Å². The average molecular weight is 300 g/mol. The van der Waals surface area contributed by atoms with Crippen molar-refractivity contribution >= 4 is 21.7 Å². The molecule has 2 amide bonds. The normalized spacial score (nSPS) is 34.0. The van der Waals surface area contributed by atoms with Crippen LogP contribution in [0.5, 0.6) is 0 Å². The molecule has 112 valence electrons. The summed E-state index contributed by atoms with van der Waals surface area (Å²) in [5.41, 5.74) is 0. The van der Waals surface area contributed by atoms with Crippen molar-refractivity contribution in [1.82, 2.24) is 9.80 Å². The minimum absolute atomic E-state index is 0.0296. The van der Waals surface area contributed by atoms with E-state index in [1.807, 2.05) is 0 Å². The van der Waals surface area contributed by atoms with Crippen molar-refractivity contribution in [2.75, 3.05) is 24.6 Å². The quantitative estimate of drug-likeness (QED) is 0.671. The Morgan fingerprint density at radius 3 is 2.55 bits per heavy atom. The highest BCUT2D eigenvalue weighted by Gasteiger charge is 2.42. The van der Waals surface area contributed by atoms with Crippen LogP contribution in [0.25, 0.3) is 0 Å². The van der Waals surface area contributed by atoms with Crippen molar-refractivity contribution in [3.63, 3.8) is 0 Å². The van der Waals surface area contributed by atoms with E-state index in [0.717, 1.165) is 12.8 Å². The minimum atomic E-state index is -3.04. The Morgan fingerprint density at radius 2 is 1.80 bits per heavy atom. The molecule has 2 unspecified atom stereocenters. The van der Waals surface area contributed by atoms with Gasteiger partial charge in [-0.15, -0.1) is 0 Å². The second-order valence-electron chi connectivity index (χ2n) is 5.94. The second kappa shape index (κ2) is 5.02. The number of sulfone groups is 1. The number of rotatable bonds is 1. The molecular formula is C13H20N2O4S. The molecule has 0 N–H and O–H groups in total. The van der Waals surface area contributed by atoms with Gasteiger partial charge in [-0.2, -0.15) is 0 Å². The predicted octanol–water partition coefficient (Wildman–Crippen LogP) is -0.213. The Labute approximate surface area is 119 Å². The molecule has 3 aliphatic heterocycles. The van der Waals surface area contributed by atoms with Gasteiger partial charge in [0.2, 0.25) is 11.8 Å². The van der Waals surface area contributed by atoms with Gasteiger partial charge in [0.25, 0.3) is 0 Å². The third-order valence-corrected chi connectivity index (χ3v) is 6.39. The number of nitrogens with zero attached hydrogens (tertiary/aromatic N) is 2. The van der Waals surface area contributed by atoms with Crippen molar-refractivity contribution in [3.05, 3.63) is 0 Å². The van der Waals surface area contributed by atoms with Gasteiger partial charge < -0.3 is 9.80 Å². The Kier molecular flexibility index (Phi) is 3.48. The van der Waals surface area contributed by atoms with E-state index in [4.69, 9.17) is 0 Å². The third kappa shape index (κ3) is 2.43. The smallest absolute Gasteiger partial charge is 0.245 e. The van der Waals surface area contributed by atoms with Crippen LogP contribution in [-0.2, 0) is 19.4 Å². The number of carbonyl (C=O) groups excluding carboxylic acids is 2. The lowest BCUT2D eigenvalue weighted by Crippen LogP contribution is -2.51. The molecule has 3 rings (SSSR count). The SMILES string of the molecule is O=C1C2CCCN2C(=O)CCN1C1CCCS(=O)(=O)C1. The van der Waals surface area contributed by atoms with Crippen LogP contribution in [0.1, 0.15) is 32.1 Å². The van der Waals surface area contributed by atoms with Gasteiger partial charge in [0.05, 0.1) is 11.5 Å².